The van der Waals surface area contributed by atoms with E-state index in [2.05, 4.69) is 119 Å². The van der Waals surface area contributed by atoms with Crippen LogP contribution >= 0.6 is 0 Å². The average Bonchev–Trinajstić information content (AvgIpc) is 4.03. The lowest BCUT2D eigenvalue weighted by molar-refractivity contribution is 0.0575. The van der Waals surface area contributed by atoms with Crippen molar-refractivity contribution in [2.24, 2.45) is 69.0 Å². The summed E-state index contributed by atoms with van der Waals surface area (Å²) in [5.74, 6) is 9.00. The SMILES string of the molecule is CC1CCC2C(C)(C)C2(Oc2ccc(Cc3ccc(OC45CC(C)CCC4C5(C)C)c(OC45CC(C)CCC4C5(C)C)c3)cc2OC23CC(C)CCC2C3(C)C)C1. The predicted octanol–water partition coefficient (Wildman–Crippen LogP) is 13.7. The Morgan fingerprint density at radius 2 is 0.649 bits per heavy atom. The van der Waals surface area contributed by atoms with Gasteiger partial charge in [0.2, 0.25) is 0 Å². The Kier molecular flexibility index (Phi) is 8.27. The van der Waals surface area contributed by atoms with Crippen LogP contribution in [0.3, 0.4) is 0 Å². The molecule has 0 aliphatic heterocycles. The molecule has 0 radical (unpaired) electrons. The van der Waals surface area contributed by atoms with Crippen LogP contribution in [0, 0.1) is 69.0 Å². The van der Waals surface area contributed by atoms with Gasteiger partial charge in [-0.3, -0.25) is 0 Å². The molecule has 4 nitrogen and oxygen atoms in total. The number of ether oxygens (including phenoxy) is 4. The van der Waals surface area contributed by atoms with Crippen LogP contribution in [0.2, 0.25) is 0 Å². The van der Waals surface area contributed by atoms with Crippen molar-refractivity contribution in [2.75, 3.05) is 0 Å². The largest absolute Gasteiger partial charge is 0.482 e. The third-order valence-electron chi connectivity index (χ3n) is 19.8. The first-order chi connectivity index (χ1) is 26.7. The molecule has 0 N–H and O–H groups in total. The number of hydrogen-bond donors (Lipinski definition) is 0. The zero-order chi connectivity index (χ0) is 40.3. The molecule has 8 saturated carbocycles. The van der Waals surface area contributed by atoms with Crippen LogP contribution in [0.15, 0.2) is 36.4 Å². The summed E-state index contributed by atoms with van der Waals surface area (Å²) in [5, 5.41) is 0. The van der Waals surface area contributed by atoms with E-state index in [0.717, 1.165) is 55.1 Å². The topological polar surface area (TPSA) is 36.9 Å². The third kappa shape index (κ3) is 5.34. The fourth-order valence-electron chi connectivity index (χ4n) is 15.6. The minimum absolute atomic E-state index is 0.0996. The molecular weight excluding hydrogens is 701 g/mol. The molecule has 0 bridgehead atoms. The Bertz CT molecular complexity index is 1800. The van der Waals surface area contributed by atoms with Gasteiger partial charge in [0.15, 0.2) is 23.0 Å². The molecule has 0 aromatic heterocycles. The van der Waals surface area contributed by atoms with Crippen LogP contribution in [0.4, 0.5) is 0 Å². The predicted molar refractivity (Wildman–Crippen MR) is 230 cm³/mol. The van der Waals surface area contributed by atoms with Gasteiger partial charge in [0.25, 0.3) is 0 Å². The van der Waals surface area contributed by atoms with E-state index in [1.54, 1.807) is 0 Å². The van der Waals surface area contributed by atoms with Crippen LogP contribution < -0.4 is 18.9 Å². The minimum Gasteiger partial charge on any atom is -0.482 e. The summed E-state index contributed by atoms with van der Waals surface area (Å²) < 4.78 is 29.6. The minimum atomic E-state index is -0.119. The maximum absolute atomic E-state index is 7.47. The van der Waals surface area contributed by atoms with E-state index in [1.807, 2.05) is 0 Å². The van der Waals surface area contributed by atoms with E-state index in [-0.39, 0.29) is 44.1 Å². The van der Waals surface area contributed by atoms with Crippen LogP contribution in [-0.2, 0) is 6.42 Å². The monoisotopic (exact) mass is 777 g/mol. The molecule has 0 saturated heterocycles. The van der Waals surface area contributed by atoms with Crippen molar-refractivity contribution < 1.29 is 18.9 Å². The Labute approximate surface area is 346 Å². The van der Waals surface area contributed by atoms with Crippen LogP contribution in [0.25, 0.3) is 0 Å². The number of benzene rings is 2. The molecule has 8 fully saturated rings. The maximum Gasteiger partial charge on any atom is 0.162 e. The summed E-state index contributed by atoms with van der Waals surface area (Å²) in [6, 6.07) is 13.9. The Morgan fingerprint density at radius 1 is 0.386 bits per heavy atom. The molecule has 2 aromatic rings. The molecule has 0 spiro atoms. The normalized spacial score (nSPS) is 44.6. The fraction of sp³-hybridized carbons (Fsp3) is 0.774. The van der Waals surface area contributed by atoms with Gasteiger partial charge in [0.05, 0.1) is 0 Å². The van der Waals surface area contributed by atoms with Gasteiger partial charge in [0, 0.05) is 45.3 Å². The van der Waals surface area contributed by atoms with E-state index >= 15 is 0 Å². The zero-order valence-electron chi connectivity index (χ0n) is 37.9. The van der Waals surface area contributed by atoms with Crippen LogP contribution in [0.1, 0.15) is 171 Å². The summed E-state index contributed by atoms with van der Waals surface area (Å²) in [4.78, 5) is 0. The molecule has 4 heteroatoms. The average molecular weight is 777 g/mol. The van der Waals surface area contributed by atoms with Crippen molar-refractivity contribution in [3.63, 3.8) is 0 Å². The second kappa shape index (κ2) is 12.1. The first-order valence-electron chi connectivity index (χ1n) is 23.7. The lowest BCUT2D eigenvalue weighted by Crippen LogP contribution is -2.33. The van der Waals surface area contributed by atoms with E-state index in [0.29, 0.717) is 47.3 Å². The smallest absolute Gasteiger partial charge is 0.162 e. The standard InChI is InChI=1S/C53H76O4/c1-32-13-21-42-46(5,6)50(42,28-32)54-38-19-17-36(26-40(38)56-52-30-34(3)15-23-44(52)48(52,9)10)25-37-18-20-39(55-51-29-33(2)14-22-43(51)47(51,7)8)41(27-37)57-53-31-35(4)16-24-45(53)49(53,11)12/h17-20,26-27,32-35,42-45H,13-16,21-25,28-31H2,1-12H3. The van der Waals surface area contributed by atoms with E-state index in [4.69, 9.17) is 18.9 Å². The zero-order valence-corrected chi connectivity index (χ0v) is 37.9. The summed E-state index contributed by atoms with van der Waals surface area (Å²) in [5.41, 5.74) is 2.80. The first kappa shape index (κ1) is 38.8. The second-order valence-electron chi connectivity index (χ2n) is 24.3. The highest BCUT2D eigenvalue weighted by Crippen LogP contribution is 2.75. The number of rotatable bonds is 10. The Balaban J connectivity index is 0.995. The lowest BCUT2D eigenvalue weighted by atomic mass is 9.88. The van der Waals surface area contributed by atoms with E-state index < -0.39 is 0 Å². The Hall–Kier alpha value is -2.36. The highest BCUT2D eigenvalue weighted by Gasteiger charge is 2.78. The molecular formula is C53H76O4. The van der Waals surface area contributed by atoms with Crippen molar-refractivity contribution in [3.05, 3.63) is 47.5 Å². The quantitative estimate of drug-likeness (QED) is 0.241. The number of hydrogen-bond acceptors (Lipinski definition) is 4. The summed E-state index contributed by atoms with van der Waals surface area (Å²) in [7, 11) is 0. The third-order valence-corrected chi connectivity index (χ3v) is 19.8. The molecule has 312 valence electrons. The number of fused-ring (bicyclic) bond motifs is 4. The van der Waals surface area contributed by atoms with Gasteiger partial charge >= 0.3 is 0 Å². The van der Waals surface area contributed by atoms with Crippen molar-refractivity contribution in [3.8, 4) is 23.0 Å². The van der Waals surface area contributed by atoms with Gasteiger partial charge in [-0.2, -0.15) is 0 Å². The van der Waals surface area contributed by atoms with Gasteiger partial charge < -0.3 is 18.9 Å². The van der Waals surface area contributed by atoms with Gasteiger partial charge in [-0.15, -0.1) is 0 Å². The van der Waals surface area contributed by atoms with Gasteiger partial charge in [0.1, 0.15) is 22.4 Å². The second-order valence-corrected chi connectivity index (χ2v) is 24.3. The fourth-order valence-corrected chi connectivity index (χ4v) is 15.6. The van der Waals surface area contributed by atoms with Gasteiger partial charge in [-0.25, -0.2) is 0 Å². The molecule has 0 amide bonds. The summed E-state index contributed by atoms with van der Waals surface area (Å²) in [6.07, 6.45) is 15.6. The van der Waals surface area contributed by atoms with Crippen LogP contribution in [-0.4, -0.2) is 22.4 Å². The van der Waals surface area contributed by atoms with Gasteiger partial charge in [-0.1, -0.05) is 121 Å². The van der Waals surface area contributed by atoms with Crippen molar-refractivity contribution in [1.82, 2.24) is 0 Å². The molecule has 0 heterocycles. The van der Waals surface area contributed by atoms with Crippen LogP contribution in [0.5, 0.6) is 23.0 Å². The molecule has 12 atom stereocenters. The van der Waals surface area contributed by atoms with Crippen molar-refractivity contribution >= 4 is 0 Å². The molecule has 2 aromatic carbocycles. The molecule has 10 rings (SSSR count). The maximum atomic E-state index is 7.47. The molecule has 8 aliphatic rings. The van der Waals surface area contributed by atoms with E-state index in [9.17, 15) is 0 Å². The molecule has 12 unspecified atom stereocenters. The highest BCUT2D eigenvalue weighted by atomic mass is 16.6. The summed E-state index contributed by atoms with van der Waals surface area (Å²) >= 11 is 0. The Morgan fingerprint density at radius 3 is 0.930 bits per heavy atom. The molecule has 57 heavy (non-hydrogen) atoms. The van der Waals surface area contributed by atoms with Crippen molar-refractivity contribution in [2.45, 2.75) is 189 Å². The van der Waals surface area contributed by atoms with E-state index in [1.165, 1.54) is 62.5 Å². The first-order valence-corrected chi connectivity index (χ1v) is 23.7. The summed E-state index contributed by atoms with van der Waals surface area (Å²) in [6.45, 7) is 29.2. The van der Waals surface area contributed by atoms with Crippen molar-refractivity contribution in [1.29, 1.82) is 0 Å². The molecule has 8 aliphatic carbocycles. The lowest BCUT2D eigenvalue weighted by Gasteiger charge is -2.33. The highest BCUT2D eigenvalue weighted by molar-refractivity contribution is 5.50. The van der Waals surface area contributed by atoms with Gasteiger partial charge in [-0.05, 0) is 117 Å².